The first-order valence-electron chi connectivity index (χ1n) is 13.9. The van der Waals surface area contributed by atoms with E-state index in [9.17, 15) is 0 Å². The fraction of sp³-hybridized carbons (Fsp3) is 0.129. The lowest BCUT2D eigenvalue weighted by Gasteiger charge is -2.11. The van der Waals surface area contributed by atoms with Crippen molar-refractivity contribution >= 4 is 32.7 Å². The third-order valence-electron chi connectivity index (χ3n) is 6.42. The van der Waals surface area contributed by atoms with Crippen molar-refractivity contribution in [1.82, 2.24) is 0 Å². The molecule has 0 N–H and O–H groups in total. The molecule has 2 nitrogen and oxygen atoms in total. The van der Waals surface area contributed by atoms with Gasteiger partial charge in [0.15, 0.2) is 6.20 Å². The Morgan fingerprint density at radius 3 is 2.27 bits per heavy atom. The standard InChI is InChI=1S/C31H26NO/c1-19-14-20(2)30(27-17-25(21(3)18-32(27)4)22-10-6-5-7-11-22)31-29(19)26-15-23-12-8-9-13-24(23)16-28(26)33-31/h5-18H,1-4H3/q+1/i1D3,3D3. The van der Waals surface area contributed by atoms with Crippen LogP contribution in [0.1, 0.15) is 24.9 Å². The van der Waals surface area contributed by atoms with Gasteiger partial charge in [0.1, 0.15) is 18.2 Å². The Labute approximate surface area is 202 Å². The SMILES string of the molecule is [2H]C([2H])([2H])c1c[n+](C)c(-c2c(C)cc(C([2H])([2H])[2H])c3c2oc2cc4ccccc4cc23)cc1-c1ccccc1. The van der Waals surface area contributed by atoms with E-state index in [4.69, 9.17) is 12.6 Å². The minimum absolute atomic E-state index is 0.234. The van der Waals surface area contributed by atoms with Gasteiger partial charge in [-0.15, -0.1) is 0 Å². The molecule has 0 atom stereocenters. The van der Waals surface area contributed by atoms with Crippen LogP contribution in [0.25, 0.3) is 55.1 Å². The minimum Gasteiger partial charge on any atom is -0.455 e. The molecule has 6 aromatic rings. The molecular formula is C31H26NO+. The molecule has 0 aliphatic carbocycles. The number of benzene rings is 4. The zero-order valence-electron chi connectivity index (χ0n) is 24.4. The number of pyridine rings is 1. The summed E-state index contributed by atoms with van der Waals surface area (Å²) in [6, 6.07) is 24.9. The molecule has 0 amide bonds. The molecule has 160 valence electrons. The Balaban J connectivity index is 1.75. The van der Waals surface area contributed by atoms with E-state index >= 15 is 0 Å². The number of rotatable bonds is 2. The van der Waals surface area contributed by atoms with Crippen molar-refractivity contribution in [3.8, 4) is 22.4 Å². The van der Waals surface area contributed by atoms with Crippen LogP contribution in [0.2, 0.25) is 0 Å². The van der Waals surface area contributed by atoms with Gasteiger partial charge in [-0.2, -0.15) is 0 Å². The van der Waals surface area contributed by atoms with Crippen LogP contribution < -0.4 is 4.57 Å². The molecular weight excluding hydrogens is 402 g/mol. The molecule has 0 bridgehead atoms. The molecule has 0 saturated carbocycles. The molecule has 2 heterocycles. The largest absolute Gasteiger partial charge is 0.455 e. The molecule has 0 aliphatic heterocycles. The molecule has 4 aromatic carbocycles. The van der Waals surface area contributed by atoms with Crippen LogP contribution >= 0.6 is 0 Å². The van der Waals surface area contributed by atoms with Crippen LogP contribution in [0.5, 0.6) is 0 Å². The maximum atomic E-state index is 8.31. The van der Waals surface area contributed by atoms with E-state index in [2.05, 4.69) is 0 Å². The summed E-state index contributed by atoms with van der Waals surface area (Å²) in [7, 11) is 1.80. The first-order valence-corrected chi connectivity index (χ1v) is 10.9. The van der Waals surface area contributed by atoms with Crippen molar-refractivity contribution in [3.05, 3.63) is 102 Å². The van der Waals surface area contributed by atoms with Gasteiger partial charge >= 0.3 is 0 Å². The average molecular weight is 435 g/mol. The molecule has 0 saturated heterocycles. The van der Waals surface area contributed by atoms with Gasteiger partial charge in [0, 0.05) is 30.6 Å². The maximum absolute atomic E-state index is 8.31. The summed E-state index contributed by atoms with van der Waals surface area (Å²) < 4.78 is 57.8. The Morgan fingerprint density at radius 1 is 0.788 bits per heavy atom. The zero-order chi connectivity index (χ0) is 27.7. The molecule has 0 fully saturated rings. The number of nitrogens with zero attached hydrogens (tertiary/aromatic N) is 1. The van der Waals surface area contributed by atoms with Gasteiger partial charge in [-0.25, -0.2) is 4.57 Å². The van der Waals surface area contributed by atoms with Gasteiger partial charge in [-0.05, 0) is 65.8 Å². The number of furan rings is 1. The number of aromatic nitrogens is 1. The van der Waals surface area contributed by atoms with Gasteiger partial charge in [-0.3, -0.25) is 0 Å². The number of hydrogen-bond acceptors (Lipinski definition) is 1. The molecule has 2 aromatic heterocycles. The molecule has 0 radical (unpaired) electrons. The topological polar surface area (TPSA) is 17.0 Å². The summed E-state index contributed by atoms with van der Waals surface area (Å²) in [5.74, 6) is 0. The summed E-state index contributed by atoms with van der Waals surface area (Å²) >= 11 is 0. The fourth-order valence-electron chi connectivity index (χ4n) is 4.84. The van der Waals surface area contributed by atoms with E-state index < -0.39 is 13.7 Å². The van der Waals surface area contributed by atoms with Gasteiger partial charge < -0.3 is 4.42 Å². The summed E-state index contributed by atoms with van der Waals surface area (Å²) in [4.78, 5) is 0. The third-order valence-corrected chi connectivity index (χ3v) is 6.42. The van der Waals surface area contributed by atoms with E-state index in [-0.39, 0.29) is 11.1 Å². The highest BCUT2D eigenvalue weighted by atomic mass is 16.3. The summed E-state index contributed by atoms with van der Waals surface area (Å²) in [5, 5.41) is 3.28. The van der Waals surface area contributed by atoms with Crippen LogP contribution in [-0.2, 0) is 7.05 Å². The van der Waals surface area contributed by atoms with Crippen molar-refractivity contribution in [2.75, 3.05) is 0 Å². The van der Waals surface area contributed by atoms with Crippen molar-refractivity contribution < 1.29 is 17.2 Å². The maximum Gasteiger partial charge on any atom is 0.216 e. The highest BCUT2D eigenvalue weighted by Crippen LogP contribution is 2.41. The number of hydrogen-bond donors (Lipinski definition) is 0. The van der Waals surface area contributed by atoms with E-state index in [1.807, 2.05) is 79.7 Å². The molecule has 0 spiro atoms. The summed E-state index contributed by atoms with van der Waals surface area (Å²) in [5.41, 5.74) is 5.12. The highest BCUT2D eigenvalue weighted by Gasteiger charge is 2.24. The lowest BCUT2D eigenvalue weighted by Crippen LogP contribution is -2.31. The summed E-state index contributed by atoms with van der Waals surface area (Å²) in [6.07, 6.45) is 1.64. The van der Waals surface area contributed by atoms with Crippen LogP contribution in [0.4, 0.5) is 0 Å². The predicted molar refractivity (Wildman–Crippen MR) is 137 cm³/mol. The Kier molecular flexibility index (Phi) is 3.17. The van der Waals surface area contributed by atoms with Gasteiger partial charge in [0.25, 0.3) is 0 Å². The Hall–Kier alpha value is -3.91. The molecule has 2 heteroatoms. The lowest BCUT2D eigenvalue weighted by atomic mass is 9.94. The van der Waals surface area contributed by atoms with Crippen LogP contribution in [0.3, 0.4) is 0 Å². The second-order valence-corrected chi connectivity index (χ2v) is 8.58. The highest BCUT2D eigenvalue weighted by molar-refractivity contribution is 6.14. The third kappa shape index (κ3) is 3.06. The number of fused-ring (bicyclic) bond motifs is 4. The smallest absolute Gasteiger partial charge is 0.216 e. The molecule has 0 aliphatic rings. The average Bonchev–Trinajstić information content (AvgIpc) is 3.24. The monoisotopic (exact) mass is 434 g/mol. The predicted octanol–water partition coefficient (Wildman–Crippen LogP) is 7.82. The molecule has 6 rings (SSSR count). The first-order chi connectivity index (χ1) is 18.4. The quantitative estimate of drug-likeness (QED) is 0.254. The van der Waals surface area contributed by atoms with E-state index in [0.29, 0.717) is 22.1 Å². The van der Waals surface area contributed by atoms with Crippen molar-refractivity contribution in [2.45, 2.75) is 20.6 Å². The Morgan fingerprint density at radius 2 is 1.52 bits per heavy atom. The van der Waals surface area contributed by atoms with E-state index in [1.54, 1.807) is 23.9 Å². The normalized spacial score (nSPS) is 15.1. The second kappa shape index (κ2) is 7.31. The summed E-state index contributed by atoms with van der Waals surface area (Å²) in [6.45, 7) is -2.81. The zero-order valence-corrected chi connectivity index (χ0v) is 18.4. The minimum atomic E-state index is -2.35. The van der Waals surface area contributed by atoms with Crippen LogP contribution in [0, 0.1) is 20.6 Å². The van der Waals surface area contributed by atoms with E-state index in [0.717, 1.165) is 38.5 Å². The van der Waals surface area contributed by atoms with Crippen molar-refractivity contribution in [3.63, 3.8) is 0 Å². The number of aryl methyl sites for hydroxylation is 4. The van der Waals surface area contributed by atoms with Crippen LogP contribution in [0.15, 0.2) is 89.5 Å². The van der Waals surface area contributed by atoms with Crippen molar-refractivity contribution in [1.29, 1.82) is 0 Å². The van der Waals surface area contributed by atoms with Gasteiger partial charge in [0.2, 0.25) is 5.69 Å². The first kappa shape index (κ1) is 14.3. The lowest BCUT2D eigenvalue weighted by molar-refractivity contribution is -0.660. The van der Waals surface area contributed by atoms with Crippen LogP contribution in [-0.4, -0.2) is 0 Å². The molecule has 0 unspecified atom stereocenters. The second-order valence-electron chi connectivity index (χ2n) is 8.58. The molecule has 33 heavy (non-hydrogen) atoms. The van der Waals surface area contributed by atoms with E-state index in [1.165, 1.54) is 0 Å². The van der Waals surface area contributed by atoms with Gasteiger partial charge in [0.05, 0.1) is 5.56 Å². The van der Waals surface area contributed by atoms with Gasteiger partial charge in [-0.1, -0.05) is 60.7 Å². The van der Waals surface area contributed by atoms with Crippen molar-refractivity contribution in [2.24, 2.45) is 7.05 Å². The fourth-order valence-corrected chi connectivity index (χ4v) is 4.84. The Bertz CT molecular complexity index is 1900.